The van der Waals surface area contributed by atoms with Gasteiger partial charge in [-0.25, -0.2) is 0 Å². The van der Waals surface area contributed by atoms with Crippen LogP contribution in [0.1, 0.15) is 22.8 Å². The van der Waals surface area contributed by atoms with Crippen molar-refractivity contribution < 1.29 is 9.53 Å². The summed E-state index contributed by atoms with van der Waals surface area (Å²) in [4.78, 5) is 10.4. The molecule has 3 heteroatoms. The molecule has 0 bridgehead atoms. The van der Waals surface area contributed by atoms with Crippen LogP contribution >= 0.6 is 11.6 Å². The van der Waals surface area contributed by atoms with Crippen LogP contribution < -0.4 is 0 Å². The lowest BCUT2D eigenvalue weighted by Gasteiger charge is -2.04. The molecule has 13 heavy (non-hydrogen) atoms. The van der Waals surface area contributed by atoms with Crippen molar-refractivity contribution in [2.45, 2.75) is 13.5 Å². The Morgan fingerprint density at radius 1 is 1.54 bits per heavy atom. The summed E-state index contributed by atoms with van der Waals surface area (Å²) in [6, 6.07) is 5.18. The highest BCUT2D eigenvalue weighted by atomic mass is 35.5. The van der Waals surface area contributed by atoms with Gasteiger partial charge in [0.2, 0.25) is 0 Å². The van der Waals surface area contributed by atoms with E-state index in [0.717, 1.165) is 11.8 Å². The Bertz CT molecular complexity index is 297. The van der Waals surface area contributed by atoms with Gasteiger partial charge in [0.25, 0.3) is 0 Å². The molecule has 1 aromatic carbocycles. The van der Waals surface area contributed by atoms with Gasteiger partial charge in [-0.3, -0.25) is 4.79 Å². The number of halogens is 1. The average molecular weight is 199 g/mol. The number of ether oxygens (including phenoxy) is 1. The highest BCUT2D eigenvalue weighted by Crippen LogP contribution is 2.17. The van der Waals surface area contributed by atoms with Crippen molar-refractivity contribution in [3.05, 3.63) is 34.3 Å². The fraction of sp³-hybridized carbons (Fsp3) is 0.300. The van der Waals surface area contributed by atoms with Crippen LogP contribution in [0.3, 0.4) is 0 Å². The molecule has 0 radical (unpaired) electrons. The van der Waals surface area contributed by atoms with Crippen LogP contribution in [0.2, 0.25) is 5.02 Å². The maximum absolute atomic E-state index is 10.4. The highest BCUT2D eigenvalue weighted by molar-refractivity contribution is 6.31. The highest BCUT2D eigenvalue weighted by Gasteiger charge is 2.00. The van der Waals surface area contributed by atoms with Gasteiger partial charge < -0.3 is 4.74 Å². The Morgan fingerprint density at radius 2 is 2.31 bits per heavy atom. The van der Waals surface area contributed by atoms with E-state index in [2.05, 4.69) is 0 Å². The molecule has 0 aliphatic heterocycles. The first-order valence-electron chi connectivity index (χ1n) is 4.09. The molecule has 0 N–H and O–H groups in total. The zero-order chi connectivity index (χ0) is 9.68. The molecule has 0 amide bonds. The van der Waals surface area contributed by atoms with E-state index in [4.69, 9.17) is 16.3 Å². The predicted octanol–water partition coefficient (Wildman–Crippen LogP) is 2.69. The van der Waals surface area contributed by atoms with Crippen LogP contribution in [0.25, 0.3) is 0 Å². The lowest BCUT2D eigenvalue weighted by atomic mass is 10.1. The van der Waals surface area contributed by atoms with Crippen molar-refractivity contribution >= 4 is 17.9 Å². The van der Waals surface area contributed by atoms with E-state index >= 15 is 0 Å². The van der Waals surface area contributed by atoms with Gasteiger partial charge in [0.15, 0.2) is 0 Å². The maximum Gasteiger partial charge on any atom is 0.150 e. The van der Waals surface area contributed by atoms with Gasteiger partial charge in [-0.15, -0.1) is 0 Å². The van der Waals surface area contributed by atoms with Gasteiger partial charge >= 0.3 is 0 Å². The molecule has 0 fully saturated rings. The van der Waals surface area contributed by atoms with Crippen molar-refractivity contribution in [1.82, 2.24) is 0 Å². The van der Waals surface area contributed by atoms with Crippen LogP contribution in [-0.2, 0) is 11.3 Å². The zero-order valence-electron chi connectivity index (χ0n) is 7.42. The minimum absolute atomic E-state index is 0.495. The number of benzene rings is 1. The number of rotatable bonds is 4. The minimum atomic E-state index is 0.495. The van der Waals surface area contributed by atoms with E-state index in [1.54, 1.807) is 12.1 Å². The zero-order valence-corrected chi connectivity index (χ0v) is 8.17. The summed E-state index contributed by atoms with van der Waals surface area (Å²) in [5, 5.41) is 0.582. The van der Waals surface area contributed by atoms with Gasteiger partial charge in [-0.05, 0) is 18.6 Å². The van der Waals surface area contributed by atoms with Crippen LogP contribution in [0, 0.1) is 0 Å². The Balaban J connectivity index is 2.79. The van der Waals surface area contributed by atoms with Crippen LogP contribution in [0.15, 0.2) is 18.2 Å². The summed E-state index contributed by atoms with van der Waals surface area (Å²) in [6.07, 6.45) is 0.774. The molecular formula is C10H11ClO2. The molecule has 0 aromatic heterocycles. The first-order valence-corrected chi connectivity index (χ1v) is 4.47. The van der Waals surface area contributed by atoms with Crippen molar-refractivity contribution in [2.24, 2.45) is 0 Å². The molecule has 1 rings (SSSR count). The lowest BCUT2D eigenvalue weighted by molar-refractivity contribution is 0.112. The fourth-order valence-corrected chi connectivity index (χ4v) is 1.21. The van der Waals surface area contributed by atoms with Crippen LogP contribution in [-0.4, -0.2) is 12.9 Å². The fourth-order valence-electron chi connectivity index (χ4n) is 0.966. The number of carbonyl (C=O) groups excluding carboxylic acids is 1. The minimum Gasteiger partial charge on any atom is -0.377 e. The molecule has 0 aliphatic carbocycles. The van der Waals surface area contributed by atoms with Crippen molar-refractivity contribution in [3.63, 3.8) is 0 Å². The van der Waals surface area contributed by atoms with Gasteiger partial charge in [0, 0.05) is 17.2 Å². The van der Waals surface area contributed by atoms with E-state index in [-0.39, 0.29) is 0 Å². The van der Waals surface area contributed by atoms with E-state index in [1.807, 2.05) is 13.0 Å². The molecule has 0 spiro atoms. The van der Waals surface area contributed by atoms with Crippen molar-refractivity contribution in [1.29, 1.82) is 0 Å². The van der Waals surface area contributed by atoms with E-state index in [0.29, 0.717) is 23.8 Å². The topological polar surface area (TPSA) is 26.3 Å². The second-order valence-electron chi connectivity index (χ2n) is 2.61. The number of aldehydes is 1. The van der Waals surface area contributed by atoms with Crippen molar-refractivity contribution in [2.75, 3.05) is 6.61 Å². The molecule has 0 saturated heterocycles. The van der Waals surface area contributed by atoms with Crippen molar-refractivity contribution in [3.8, 4) is 0 Å². The van der Waals surface area contributed by atoms with E-state index < -0.39 is 0 Å². The number of carbonyl (C=O) groups is 1. The van der Waals surface area contributed by atoms with Gasteiger partial charge in [-0.2, -0.15) is 0 Å². The molecule has 1 aromatic rings. The van der Waals surface area contributed by atoms with Gasteiger partial charge in [-0.1, -0.05) is 23.7 Å². The lowest BCUT2D eigenvalue weighted by Crippen LogP contribution is -1.93. The van der Waals surface area contributed by atoms with E-state index in [1.165, 1.54) is 0 Å². The first-order chi connectivity index (χ1) is 6.27. The molecular weight excluding hydrogens is 188 g/mol. The van der Waals surface area contributed by atoms with Gasteiger partial charge in [0.1, 0.15) is 6.29 Å². The predicted molar refractivity (Wildman–Crippen MR) is 52.2 cm³/mol. The standard InChI is InChI=1S/C10H11ClO2/c1-2-13-7-9-4-3-8(6-12)5-10(9)11/h3-6H,2,7H2,1H3. The smallest absolute Gasteiger partial charge is 0.150 e. The van der Waals surface area contributed by atoms with Gasteiger partial charge in [0.05, 0.1) is 6.61 Å². The average Bonchev–Trinajstić information content (AvgIpc) is 2.16. The second-order valence-corrected chi connectivity index (χ2v) is 3.01. The Labute approximate surface area is 82.5 Å². The summed E-state index contributed by atoms with van der Waals surface area (Å²) >= 11 is 5.91. The number of hydrogen-bond acceptors (Lipinski definition) is 2. The monoisotopic (exact) mass is 198 g/mol. The Morgan fingerprint density at radius 3 is 2.85 bits per heavy atom. The molecule has 0 heterocycles. The molecule has 0 aliphatic rings. The third kappa shape index (κ3) is 2.83. The SMILES string of the molecule is CCOCc1ccc(C=O)cc1Cl. The number of hydrogen-bond donors (Lipinski definition) is 0. The Hall–Kier alpha value is -0.860. The summed E-state index contributed by atoms with van der Waals surface area (Å²) in [5.74, 6) is 0. The molecule has 0 saturated carbocycles. The third-order valence-corrected chi connectivity index (χ3v) is 2.03. The Kier molecular flexibility index (Phi) is 3.93. The quantitative estimate of drug-likeness (QED) is 0.696. The first kappa shape index (κ1) is 10.2. The summed E-state index contributed by atoms with van der Waals surface area (Å²) in [6.45, 7) is 3.08. The summed E-state index contributed by atoms with van der Waals surface area (Å²) < 4.78 is 5.20. The maximum atomic E-state index is 10.4. The third-order valence-electron chi connectivity index (χ3n) is 1.67. The van der Waals surface area contributed by atoms with Crippen LogP contribution in [0.5, 0.6) is 0 Å². The summed E-state index contributed by atoms with van der Waals surface area (Å²) in [7, 11) is 0. The van der Waals surface area contributed by atoms with Crippen LogP contribution in [0.4, 0.5) is 0 Å². The molecule has 70 valence electrons. The summed E-state index contributed by atoms with van der Waals surface area (Å²) in [5.41, 5.74) is 1.50. The van der Waals surface area contributed by atoms with E-state index in [9.17, 15) is 4.79 Å². The molecule has 2 nitrogen and oxygen atoms in total. The molecule has 0 unspecified atom stereocenters. The largest absolute Gasteiger partial charge is 0.377 e. The molecule has 0 atom stereocenters. The normalized spacial score (nSPS) is 10.0. The second kappa shape index (κ2) is 5.00.